The van der Waals surface area contributed by atoms with E-state index in [1.807, 2.05) is 29.4 Å². The summed E-state index contributed by atoms with van der Waals surface area (Å²) in [6.45, 7) is 1.43. The fourth-order valence-electron chi connectivity index (χ4n) is 4.46. The molecule has 1 aliphatic heterocycles. The Morgan fingerprint density at radius 1 is 1.28 bits per heavy atom. The topological polar surface area (TPSA) is 79.1 Å². The highest BCUT2D eigenvalue weighted by Gasteiger charge is 2.69. The van der Waals surface area contributed by atoms with Crippen molar-refractivity contribution in [1.82, 2.24) is 20.4 Å². The average molecular weight is 394 g/mol. The van der Waals surface area contributed by atoms with Crippen molar-refractivity contribution in [2.75, 3.05) is 0 Å². The summed E-state index contributed by atoms with van der Waals surface area (Å²) < 4.78 is 1.20. The third-order valence-electron chi connectivity index (χ3n) is 5.90. The van der Waals surface area contributed by atoms with Gasteiger partial charge in [0.2, 0.25) is 0 Å². The SMILES string of the molecule is CC(=O)[N+]1(C=O)C=CN(NC2CCCCC2)C1(c1ccccn1)[n+]1cccnc1. The highest BCUT2D eigenvalue weighted by atomic mass is 16.2. The number of hydrazine groups is 1. The molecule has 4 rings (SSSR count). The molecule has 0 radical (unpaired) electrons. The number of rotatable bonds is 5. The zero-order chi connectivity index (χ0) is 20.3. The third kappa shape index (κ3) is 2.95. The zero-order valence-electron chi connectivity index (χ0n) is 16.5. The van der Waals surface area contributed by atoms with Gasteiger partial charge >= 0.3 is 18.1 Å². The van der Waals surface area contributed by atoms with E-state index in [0.29, 0.717) is 12.1 Å². The van der Waals surface area contributed by atoms with Crippen LogP contribution in [0.15, 0.2) is 61.6 Å². The lowest BCUT2D eigenvalue weighted by atomic mass is 9.96. The first-order chi connectivity index (χ1) is 14.1. The number of aromatic nitrogens is 3. The number of hydrogen-bond donors (Lipinski definition) is 1. The smallest absolute Gasteiger partial charge is 0.248 e. The molecule has 3 heterocycles. The van der Waals surface area contributed by atoms with Crippen LogP contribution in [-0.4, -0.2) is 37.8 Å². The number of quaternary nitrogens is 1. The first-order valence-corrected chi connectivity index (χ1v) is 9.99. The molecule has 2 aliphatic rings. The van der Waals surface area contributed by atoms with Crippen LogP contribution in [0.4, 0.5) is 0 Å². The lowest BCUT2D eigenvalue weighted by Crippen LogP contribution is -2.80. The van der Waals surface area contributed by atoms with Crippen LogP contribution in [0.3, 0.4) is 0 Å². The van der Waals surface area contributed by atoms with Crippen LogP contribution >= 0.6 is 0 Å². The average Bonchev–Trinajstić information content (AvgIpc) is 3.11. The van der Waals surface area contributed by atoms with Gasteiger partial charge in [0.1, 0.15) is 18.6 Å². The second-order valence-corrected chi connectivity index (χ2v) is 7.55. The molecule has 0 aromatic carbocycles. The van der Waals surface area contributed by atoms with Crippen LogP contribution in [-0.2, 0) is 15.4 Å². The molecule has 2 amide bonds. The zero-order valence-corrected chi connectivity index (χ0v) is 16.5. The first kappa shape index (κ1) is 19.4. The molecule has 2 unspecified atom stereocenters. The number of imide groups is 1. The molecule has 0 spiro atoms. The van der Waals surface area contributed by atoms with Gasteiger partial charge in [0.25, 0.3) is 6.33 Å². The van der Waals surface area contributed by atoms with Crippen molar-refractivity contribution in [1.29, 1.82) is 0 Å². The van der Waals surface area contributed by atoms with Crippen LogP contribution in [0.25, 0.3) is 0 Å². The van der Waals surface area contributed by atoms with Crippen molar-refractivity contribution in [2.24, 2.45) is 0 Å². The maximum Gasteiger partial charge on any atom is 0.399 e. The Kier molecular flexibility index (Phi) is 5.21. The molecule has 1 N–H and O–H groups in total. The fourth-order valence-corrected chi connectivity index (χ4v) is 4.46. The molecule has 2 atom stereocenters. The Morgan fingerprint density at radius 2 is 2.10 bits per heavy atom. The van der Waals surface area contributed by atoms with E-state index in [4.69, 9.17) is 0 Å². The molecule has 1 saturated carbocycles. The van der Waals surface area contributed by atoms with Gasteiger partial charge in [0, 0.05) is 18.3 Å². The van der Waals surface area contributed by atoms with Gasteiger partial charge in [-0.05, 0) is 25.0 Å². The molecule has 2 aromatic rings. The predicted octanol–water partition coefficient (Wildman–Crippen LogP) is 1.57. The van der Waals surface area contributed by atoms with Gasteiger partial charge in [-0.15, -0.1) is 4.48 Å². The summed E-state index contributed by atoms with van der Waals surface area (Å²) in [4.78, 5) is 34.4. The number of carbonyl (C=O) groups excluding carboxylic acids is 2. The molecule has 150 valence electrons. The van der Waals surface area contributed by atoms with Gasteiger partial charge in [0.15, 0.2) is 5.69 Å². The number of carbonyl (C=O) groups is 2. The highest BCUT2D eigenvalue weighted by molar-refractivity contribution is 5.75. The van der Waals surface area contributed by atoms with E-state index in [1.165, 1.54) is 13.3 Å². The summed E-state index contributed by atoms with van der Waals surface area (Å²) in [5, 5.41) is 1.86. The van der Waals surface area contributed by atoms with Crippen molar-refractivity contribution in [3.63, 3.8) is 0 Å². The van der Waals surface area contributed by atoms with Crippen molar-refractivity contribution < 1.29 is 18.6 Å². The molecule has 0 bridgehead atoms. The largest absolute Gasteiger partial charge is 0.399 e. The molecule has 2 aromatic heterocycles. The minimum absolute atomic E-state index is 0.257. The molecule has 8 heteroatoms. The number of hydrogen-bond acceptors (Lipinski definition) is 6. The first-order valence-electron chi connectivity index (χ1n) is 9.99. The molecular formula is C21H26N6O2+2. The summed E-state index contributed by atoms with van der Waals surface area (Å²) in [5.41, 5.74) is 4.14. The summed E-state index contributed by atoms with van der Waals surface area (Å²) >= 11 is 0. The minimum Gasteiger partial charge on any atom is -0.248 e. The van der Waals surface area contributed by atoms with Gasteiger partial charge in [0.05, 0.1) is 13.1 Å². The Bertz CT molecular complexity index is 858. The van der Waals surface area contributed by atoms with Crippen LogP contribution in [0.2, 0.25) is 0 Å². The number of nitrogens with zero attached hydrogens (tertiary/aromatic N) is 5. The van der Waals surface area contributed by atoms with E-state index >= 15 is 0 Å². The Balaban J connectivity index is 1.94. The molecule has 0 saturated heterocycles. The van der Waals surface area contributed by atoms with Gasteiger partial charge < -0.3 is 0 Å². The maximum absolute atomic E-state index is 13.0. The Labute approximate surface area is 170 Å². The Hall–Kier alpha value is -2.97. The van der Waals surface area contributed by atoms with Crippen LogP contribution < -0.4 is 9.99 Å². The minimum atomic E-state index is -1.29. The van der Waals surface area contributed by atoms with Crippen molar-refractivity contribution in [2.45, 2.75) is 50.9 Å². The predicted molar refractivity (Wildman–Crippen MR) is 104 cm³/mol. The lowest BCUT2D eigenvalue weighted by molar-refractivity contribution is -1.01. The van der Waals surface area contributed by atoms with E-state index in [9.17, 15) is 9.59 Å². The summed E-state index contributed by atoms with van der Waals surface area (Å²) in [6.07, 6.45) is 16.5. The van der Waals surface area contributed by atoms with Crippen molar-refractivity contribution >= 4 is 12.3 Å². The highest BCUT2D eigenvalue weighted by Crippen LogP contribution is 2.39. The fraction of sp³-hybridized carbons (Fsp3) is 0.381. The normalized spacial score (nSPS) is 27.1. The van der Waals surface area contributed by atoms with Crippen LogP contribution in [0.5, 0.6) is 0 Å². The van der Waals surface area contributed by atoms with Gasteiger partial charge in [-0.2, -0.15) is 4.57 Å². The second kappa shape index (κ2) is 7.81. The molecular weight excluding hydrogens is 368 g/mol. The van der Waals surface area contributed by atoms with Gasteiger partial charge in [-0.25, -0.2) is 25.0 Å². The molecule has 1 fully saturated rings. The maximum atomic E-state index is 13.0. The van der Waals surface area contributed by atoms with Crippen molar-refractivity contribution in [3.05, 3.63) is 67.3 Å². The van der Waals surface area contributed by atoms with E-state index in [2.05, 4.69) is 15.4 Å². The van der Waals surface area contributed by atoms with Gasteiger partial charge in [-0.1, -0.05) is 30.3 Å². The van der Waals surface area contributed by atoms with Gasteiger partial charge in [-0.3, -0.25) is 0 Å². The summed E-state index contributed by atoms with van der Waals surface area (Å²) in [7, 11) is 0. The third-order valence-corrected chi connectivity index (χ3v) is 5.90. The van der Waals surface area contributed by atoms with E-state index in [-0.39, 0.29) is 11.9 Å². The standard InChI is InChI=1S/C21H26N6O2/c1-18(29)27(17-28)15-14-26(24-19-8-3-2-4-9-19)21(27,20-10-5-6-12-23-20)25-13-7-11-22-16-25/h5-7,10-17,19,24H,2-4,8-9H2,1H3/q+2. The monoisotopic (exact) mass is 394 g/mol. The lowest BCUT2D eigenvalue weighted by Gasteiger charge is -2.42. The number of pyridine rings is 1. The van der Waals surface area contributed by atoms with E-state index in [1.54, 1.807) is 41.8 Å². The molecule has 29 heavy (non-hydrogen) atoms. The van der Waals surface area contributed by atoms with Crippen molar-refractivity contribution in [3.8, 4) is 0 Å². The van der Waals surface area contributed by atoms with Crippen LogP contribution in [0.1, 0.15) is 44.7 Å². The van der Waals surface area contributed by atoms with E-state index < -0.39 is 10.3 Å². The number of amides is 2. The van der Waals surface area contributed by atoms with E-state index in [0.717, 1.165) is 25.7 Å². The molecule has 8 nitrogen and oxygen atoms in total. The second-order valence-electron chi connectivity index (χ2n) is 7.55. The number of nitrogens with one attached hydrogen (secondary N) is 1. The Morgan fingerprint density at radius 3 is 2.72 bits per heavy atom. The van der Waals surface area contributed by atoms with Crippen LogP contribution in [0, 0.1) is 0 Å². The quantitative estimate of drug-likeness (QED) is 0.471. The summed E-state index contributed by atoms with van der Waals surface area (Å²) in [5.74, 6) is -1.60. The summed E-state index contributed by atoms with van der Waals surface area (Å²) in [6, 6.07) is 7.55. The molecule has 1 aliphatic carbocycles.